The SMILES string of the molecule is Cc1cccc(F)c1NCC1CCOC1. The first-order valence-electron chi connectivity index (χ1n) is 5.34. The van der Waals surface area contributed by atoms with E-state index < -0.39 is 0 Å². The van der Waals surface area contributed by atoms with Crippen LogP contribution in [-0.2, 0) is 4.74 Å². The maximum atomic E-state index is 13.4. The van der Waals surface area contributed by atoms with Gasteiger partial charge in [0.15, 0.2) is 0 Å². The highest BCUT2D eigenvalue weighted by Crippen LogP contribution is 2.20. The minimum Gasteiger partial charge on any atom is -0.382 e. The second-order valence-electron chi connectivity index (χ2n) is 4.04. The molecule has 1 aromatic carbocycles. The highest BCUT2D eigenvalue weighted by Gasteiger charge is 2.16. The predicted octanol–water partition coefficient (Wildman–Crippen LogP) is 2.58. The van der Waals surface area contributed by atoms with E-state index in [1.165, 1.54) is 6.07 Å². The number of rotatable bonds is 3. The van der Waals surface area contributed by atoms with Crippen LogP contribution in [0.5, 0.6) is 0 Å². The minimum absolute atomic E-state index is 0.172. The molecule has 0 spiro atoms. The first-order chi connectivity index (χ1) is 7.27. The molecule has 2 nitrogen and oxygen atoms in total. The number of nitrogens with one attached hydrogen (secondary N) is 1. The molecule has 1 aromatic rings. The van der Waals surface area contributed by atoms with Gasteiger partial charge in [0.05, 0.1) is 12.3 Å². The lowest BCUT2D eigenvalue weighted by atomic mass is 10.1. The number of halogens is 1. The van der Waals surface area contributed by atoms with Gasteiger partial charge in [-0.3, -0.25) is 0 Å². The molecular formula is C12H16FNO. The first kappa shape index (κ1) is 10.4. The van der Waals surface area contributed by atoms with E-state index in [-0.39, 0.29) is 5.82 Å². The van der Waals surface area contributed by atoms with E-state index >= 15 is 0 Å². The van der Waals surface area contributed by atoms with Crippen LogP contribution in [0.3, 0.4) is 0 Å². The van der Waals surface area contributed by atoms with Crippen molar-refractivity contribution < 1.29 is 9.13 Å². The Balaban J connectivity index is 1.97. The Morgan fingerprint density at radius 3 is 3.07 bits per heavy atom. The van der Waals surface area contributed by atoms with E-state index in [9.17, 15) is 4.39 Å². The maximum Gasteiger partial charge on any atom is 0.146 e. The van der Waals surface area contributed by atoms with Crippen LogP contribution in [0.1, 0.15) is 12.0 Å². The Kier molecular flexibility index (Phi) is 3.21. The summed E-state index contributed by atoms with van der Waals surface area (Å²) in [6.45, 7) is 4.33. The van der Waals surface area contributed by atoms with Crippen molar-refractivity contribution in [1.82, 2.24) is 0 Å². The number of ether oxygens (including phenoxy) is 1. The van der Waals surface area contributed by atoms with Crippen molar-refractivity contribution in [2.24, 2.45) is 5.92 Å². The number of hydrogen-bond acceptors (Lipinski definition) is 2. The van der Waals surface area contributed by atoms with Crippen molar-refractivity contribution in [3.05, 3.63) is 29.6 Å². The maximum absolute atomic E-state index is 13.4. The van der Waals surface area contributed by atoms with E-state index in [0.29, 0.717) is 11.6 Å². The van der Waals surface area contributed by atoms with Gasteiger partial charge in [-0.15, -0.1) is 0 Å². The largest absolute Gasteiger partial charge is 0.382 e. The second kappa shape index (κ2) is 4.62. The Morgan fingerprint density at radius 2 is 2.40 bits per heavy atom. The fourth-order valence-corrected chi connectivity index (χ4v) is 1.85. The third kappa shape index (κ3) is 2.48. The summed E-state index contributed by atoms with van der Waals surface area (Å²) in [5, 5.41) is 3.17. The molecule has 0 bridgehead atoms. The van der Waals surface area contributed by atoms with E-state index in [2.05, 4.69) is 5.32 Å². The summed E-state index contributed by atoms with van der Waals surface area (Å²) in [4.78, 5) is 0. The lowest BCUT2D eigenvalue weighted by molar-refractivity contribution is 0.187. The smallest absolute Gasteiger partial charge is 0.146 e. The minimum atomic E-state index is -0.172. The van der Waals surface area contributed by atoms with Crippen molar-refractivity contribution in [3.8, 4) is 0 Å². The number of anilines is 1. The third-order valence-corrected chi connectivity index (χ3v) is 2.81. The number of hydrogen-bond donors (Lipinski definition) is 1. The molecule has 1 saturated heterocycles. The molecule has 1 aliphatic rings. The number of para-hydroxylation sites is 1. The molecule has 2 rings (SSSR count). The molecule has 1 atom stereocenters. The molecule has 82 valence electrons. The van der Waals surface area contributed by atoms with Crippen molar-refractivity contribution in [1.29, 1.82) is 0 Å². The summed E-state index contributed by atoms with van der Waals surface area (Å²) < 4.78 is 18.7. The molecule has 3 heteroatoms. The monoisotopic (exact) mass is 209 g/mol. The van der Waals surface area contributed by atoms with Crippen LogP contribution < -0.4 is 5.32 Å². The van der Waals surface area contributed by atoms with Crippen molar-refractivity contribution >= 4 is 5.69 Å². The van der Waals surface area contributed by atoms with Crippen molar-refractivity contribution in [2.75, 3.05) is 25.1 Å². The van der Waals surface area contributed by atoms with E-state index in [0.717, 1.165) is 31.7 Å². The second-order valence-corrected chi connectivity index (χ2v) is 4.04. The molecule has 0 saturated carbocycles. The van der Waals surface area contributed by atoms with Crippen LogP contribution >= 0.6 is 0 Å². The summed E-state index contributed by atoms with van der Waals surface area (Å²) in [5.74, 6) is 0.345. The standard InChI is InChI=1S/C12H16FNO/c1-9-3-2-4-11(13)12(9)14-7-10-5-6-15-8-10/h2-4,10,14H,5-8H2,1H3. The van der Waals surface area contributed by atoms with E-state index in [1.54, 1.807) is 6.07 Å². The molecule has 1 N–H and O–H groups in total. The van der Waals surface area contributed by atoms with Gasteiger partial charge in [-0.25, -0.2) is 4.39 Å². The average Bonchev–Trinajstić information content (AvgIpc) is 2.70. The van der Waals surface area contributed by atoms with Gasteiger partial charge < -0.3 is 10.1 Å². The fourth-order valence-electron chi connectivity index (χ4n) is 1.85. The van der Waals surface area contributed by atoms with Crippen LogP contribution in [0.15, 0.2) is 18.2 Å². The van der Waals surface area contributed by atoms with Gasteiger partial charge in [0.2, 0.25) is 0 Å². The van der Waals surface area contributed by atoms with Gasteiger partial charge in [-0.1, -0.05) is 12.1 Å². The van der Waals surface area contributed by atoms with Crippen LogP contribution in [0, 0.1) is 18.7 Å². The van der Waals surface area contributed by atoms with Crippen LogP contribution in [0.2, 0.25) is 0 Å². The highest BCUT2D eigenvalue weighted by atomic mass is 19.1. The third-order valence-electron chi connectivity index (χ3n) is 2.81. The van der Waals surface area contributed by atoms with Gasteiger partial charge >= 0.3 is 0 Å². The van der Waals surface area contributed by atoms with Gasteiger partial charge in [0.25, 0.3) is 0 Å². The molecule has 0 amide bonds. The van der Waals surface area contributed by atoms with Gasteiger partial charge in [0, 0.05) is 19.1 Å². The normalized spacial score (nSPS) is 20.5. The first-order valence-corrected chi connectivity index (χ1v) is 5.34. The fraction of sp³-hybridized carbons (Fsp3) is 0.500. The molecular weight excluding hydrogens is 193 g/mol. The van der Waals surface area contributed by atoms with Gasteiger partial charge in [0.1, 0.15) is 5.82 Å². The van der Waals surface area contributed by atoms with Crippen LogP contribution in [0.25, 0.3) is 0 Å². The molecule has 1 heterocycles. The van der Waals surface area contributed by atoms with Gasteiger partial charge in [-0.2, -0.15) is 0 Å². The molecule has 0 aromatic heterocycles. The molecule has 0 aliphatic carbocycles. The quantitative estimate of drug-likeness (QED) is 0.826. The zero-order chi connectivity index (χ0) is 10.7. The zero-order valence-corrected chi connectivity index (χ0v) is 8.92. The lowest BCUT2D eigenvalue weighted by Gasteiger charge is -2.13. The summed E-state index contributed by atoms with van der Waals surface area (Å²) in [5.41, 5.74) is 1.58. The molecule has 1 unspecified atom stereocenters. The average molecular weight is 209 g/mol. The molecule has 1 aliphatic heterocycles. The Labute approximate surface area is 89.4 Å². The topological polar surface area (TPSA) is 21.3 Å². The van der Waals surface area contributed by atoms with Crippen LogP contribution in [-0.4, -0.2) is 19.8 Å². The van der Waals surface area contributed by atoms with Gasteiger partial charge in [-0.05, 0) is 25.0 Å². The number of benzene rings is 1. The number of aryl methyl sites for hydroxylation is 1. The summed E-state index contributed by atoms with van der Waals surface area (Å²) >= 11 is 0. The predicted molar refractivity (Wildman–Crippen MR) is 58.6 cm³/mol. The summed E-state index contributed by atoms with van der Waals surface area (Å²) in [6, 6.07) is 5.13. The van der Waals surface area contributed by atoms with Crippen molar-refractivity contribution in [3.63, 3.8) is 0 Å². The Hall–Kier alpha value is -1.09. The Morgan fingerprint density at radius 1 is 1.53 bits per heavy atom. The van der Waals surface area contributed by atoms with E-state index in [4.69, 9.17) is 4.74 Å². The molecule has 1 fully saturated rings. The summed E-state index contributed by atoms with van der Waals surface area (Å²) in [6.07, 6.45) is 1.07. The Bertz CT molecular complexity index is 314. The lowest BCUT2D eigenvalue weighted by Crippen LogP contribution is -2.15. The summed E-state index contributed by atoms with van der Waals surface area (Å²) in [7, 11) is 0. The zero-order valence-electron chi connectivity index (χ0n) is 8.92. The van der Waals surface area contributed by atoms with Crippen LogP contribution in [0.4, 0.5) is 10.1 Å². The van der Waals surface area contributed by atoms with Crippen molar-refractivity contribution in [2.45, 2.75) is 13.3 Å². The molecule has 15 heavy (non-hydrogen) atoms. The van der Waals surface area contributed by atoms with E-state index in [1.807, 2.05) is 13.0 Å². The highest BCUT2D eigenvalue weighted by molar-refractivity contribution is 5.51. The molecule has 0 radical (unpaired) electrons.